The molecule has 6 heteroatoms. The fourth-order valence-corrected chi connectivity index (χ4v) is 3.64. The fraction of sp³-hybridized carbons (Fsp3) is 0.263. The first kappa shape index (κ1) is 15.6. The summed E-state index contributed by atoms with van der Waals surface area (Å²) in [6.45, 7) is 1.81. The molecule has 4 rings (SSSR count). The number of nitrogens with one attached hydrogen (secondary N) is 2. The van der Waals surface area contributed by atoms with Crippen molar-refractivity contribution in [1.29, 1.82) is 0 Å². The summed E-state index contributed by atoms with van der Waals surface area (Å²) in [6, 6.07) is 12.9. The molecule has 0 aliphatic carbocycles. The third-order valence-electron chi connectivity index (χ3n) is 4.73. The second kappa shape index (κ2) is 5.58. The molecule has 0 saturated carbocycles. The largest absolute Gasteiger partial charge is 0.468 e. The molecule has 2 aliphatic rings. The molecule has 3 atom stereocenters. The minimum atomic E-state index is -0.872. The average Bonchev–Trinajstić information content (AvgIpc) is 2.56. The maximum Gasteiger partial charge on any atom is 0.237 e. The number of anilines is 1. The van der Waals surface area contributed by atoms with E-state index in [-0.39, 0.29) is 17.6 Å². The van der Waals surface area contributed by atoms with E-state index < -0.39 is 17.6 Å². The number of carbonyl (C=O) groups excluding carboxylic acids is 2. The Kier molecular flexibility index (Phi) is 3.49. The van der Waals surface area contributed by atoms with Gasteiger partial charge in [-0.1, -0.05) is 18.2 Å². The van der Waals surface area contributed by atoms with Crippen LogP contribution in [0, 0.1) is 11.7 Å². The molecule has 2 aromatic carbocycles. The maximum absolute atomic E-state index is 13.0. The van der Waals surface area contributed by atoms with E-state index in [1.54, 1.807) is 0 Å². The van der Waals surface area contributed by atoms with E-state index in [4.69, 9.17) is 4.74 Å². The second-order valence-corrected chi connectivity index (χ2v) is 6.64. The van der Waals surface area contributed by atoms with Crippen molar-refractivity contribution in [3.05, 3.63) is 59.9 Å². The lowest BCUT2D eigenvalue weighted by atomic mass is 9.74. The summed E-state index contributed by atoms with van der Waals surface area (Å²) >= 11 is 0. The van der Waals surface area contributed by atoms with Gasteiger partial charge in [0.1, 0.15) is 17.5 Å². The highest BCUT2D eigenvalue weighted by Crippen LogP contribution is 2.46. The predicted molar refractivity (Wildman–Crippen MR) is 89.5 cm³/mol. The van der Waals surface area contributed by atoms with Crippen molar-refractivity contribution in [3.63, 3.8) is 0 Å². The molecule has 1 fully saturated rings. The predicted octanol–water partition coefficient (Wildman–Crippen LogP) is 2.79. The Bertz CT molecular complexity index is 852. The molecule has 128 valence electrons. The molecule has 5 nitrogen and oxygen atoms in total. The Morgan fingerprint density at radius 1 is 1.24 bits per heavy atom. The molecule has 0 aromatic heterocycles. The van der Waals surface area contributed by atoms with Gasteiger partial charge in [-0.25, -0.2) is 4.39 Å². The molecule has 2 N–H and O–H groups in total. The van der Waals surface area contributed by atoms with Crippen LogP contribution >= 0.6 is 0 Å². The normalized spacial score (nSPS) is 26.9. The number of halogens is 1. The topological polar surface area (TPSA) is 67.4 Å². The van der Waals surface area contributed by atoms with Crippen LogP contribution in [0.25, 0.3) is 0 Å². The zero-order valence-electron chi connectivity index (χ0n) is 13.6. The highest BCUT2D eigenvalue weighted by molar-refractivity contribution is 6.08. The summed E-state index contributed by atoms with van der Waals surface area (Å²) in [5.41, 5.74) is 0.491. The molecular weight excluding hydrogens is 323 g/mol. The summed E-state index contributed by atoms with van der Waals surface area (Å²) in [5.74, 6) is -1.63. The van der Waals surface area contributed by atoms with Crippen molar-refractivity contribution in [2.75, 3.05) is 5.32 Å². The fourth-order valence-electron chi connectivity index (χ4n) is 3.64. The monoisotopic (exact) mass is 340 g/mol. The molecule has 0 spiro atoms. The molecular formula is C19H17FN2O3. The minimum absolute atomic E-state index is 0.274. The van der Waals surface area contributed by atoms with Crippen LogP contribution in [0.5, 0.6) is 5.75 Å². The number of rotatable bonds is 2. The number of carbonyl (C=O) groups is 2. The zero-order valence-corrected chi connectivity index (χ0v) is 13.6. The van der Waals surface area contributed by atoms with Crippen LogP contribution in [-0.4, -0.2) is 17.5 Å². The third kappa shape index (κ3) is 2.73. The second-order valence-electron chi connectivity index (χ2n) is 6.64. The van der Waals surface area contributed by atoms with Crippen molar-refractivity contribution in [2.45, 2.75) is 25.0 Å². The van der Waals surface area contributed by atoms with Gasteiger partial charge in [-0.05, 0) is 42.8 Å². The Morgan fingerprint density at radius 3 is 2.72 bits per heavy atom. The van der Waals surface area contributed by atoms with Gasteiger partial charge in [0, 0.05) is 18.0 Å². The Morgan fingerprint density at radius 2 is 1.96 bits per heavy atom. The van der Waals surface area contributed by atoms with Crippen molar-refractivity contribution in [1.82, 2.24) is 5.32 Å². The molecule has 2 amide bonds. The first-order valence-electron chi connectivity index (χ1n) is 8.12. The van der Waals surface area contributed by atoms with Gasteiger partial charge in [0.15, 0.2) is 5.72 Å². The lowest BCUT2D eigenvalue weighted by Gasteiger charge is -2.46. The Labute approximate surface area is 144 Å². The highest BCUT2D eigenvalue weighted by atomic mass is 19.1. The summed E-state index contributed by atoms with van der Waals surface area (Å²) in [4.78, 5) is 25.4. The summed E-state index contributed by atoms with van der Waals surface area (Å²) in [5, 5.41) is 5.52. The highest BCUT2D eigenvalue weighted by Gasteiger charge is 2.51. The van der Waals surface area contributed by atoms with Crippen LogP contribution in [0.2, 0.25) is 0 Å². The van der Waals surface area contributed by atoms with Gasteiger partial charge < -0.3 is 15.4 Å². The number of amides is 2. The van der Waals surface area contributed by atoms with Gasteiger partial charge in [-0.15, -0.1) is 0 Å². The molecule has 2 heterocycles. The lowest BCUT2D eigenvalue weighted by Crippen LogP contribution is -2.62. The number of piperidine rings is 1. The number of hydrogen-bond donors (Lipinski definition) is 2. The maximum atomic E-state index is 13.0. The van der Waals surface area contributed by atoms with Gasteiger partial charge in [-0.3, -0.25) is 9.59 Å². The quantitative estimate of drug-likeness (QED) is 0.826. The lowest BCUT2D eigenvalue weighted by molar-refractivity contribution is -0.145. The SMILES string of the molecule is C[C@@]12C[C@@H](c3ccccc3O1)[C@H](C(=O)Nc1ccc(F)cc1)C(=O)N2. The van der Waals surface area contributed by atoms with Crippen LogP contribution in [0.1, 0.15) is 24.8 Å². The number of fused-ring (bicyclic) bond motifs is 4. The number of hydrogen-bond acceptors (Lipinski definition) is 3. The van der Waals surface area contributed by atoms with E-state index in [0.717, 1.165) is 5.56 Å². The van der Waals surface area contributed by atoms with E-state index in [2.05, 4.69) is 10.6 Å². The van der Waals surface area contributed by atoms with E-state index in [0.29, 0.717) is 17.9 Å². The van der Waals surface area contributed by atoms with Gasteiger partial charge in [0.2, 0.25) is 11.8 Å². The van der Waals surface area contributed by atoms with Crippen LogP contribution in [-0.2, 0) is 9.59 Å². The van der Waals surface area contributed by atoms with Gasteiger partial charge >= 0.3 is 0 Å². The van der Waals surface area contributed by atoms with Gasteiger partial charge in [-0.2, -0.15) is 0 Å². The molecule has 25 heavy (non-hydrogen) atoms. The van der Waals surface area contributed by atoms with E-state index in [1.807, 2.05) is 31.2 Å². The Hall–Kier alpha value is -2.89. The Balaban J connectivity index is 1.66. The smallest absolute Gasteiger partial charge is 0.237 e. The molecule has 1 saturated heterocycles. The number of ether oxygens (including phenoxy) is 1. The standard InChI is InChI=1S/C19H17FN2O3/c1-19-10-14(13-4-2-3-5-15(13)25-19)16(18(24)22-19)17(23)21-12-8-6-11(20)7-9-12/h2-9,14,16H,10H2,1H3,(H,21,23)(H,22,24)/t14-,16+,19-/m0/s1. The summed E-state index contributed by atoms with van der Waals surface area (Å²) in [7, 11) is 0. The third-order valence-corrected chi connectivity index (χ3v) is 4.73. The number of para-hydroxylation sites is 1. The van der Waals surface area contributed by atoms with Crippen molar-refractivity contribution < 1.29 is 18.7 Å². The zero-order chi connectivity index (χ0) is 17.6. The van der Waals surface area contributed by atoms with Crippen molar-refractivity contribution >= 4 is 17.5 Å². The van der Waals surface area contributed by atoms with E-state index in [1.165, 1.54) is 24.3 Å². The average molecular weight is 340 g/mol. The molecule has 2 aliphatic heterocycles. The van der Waals surface area contributed by atoms with Gasteiger partial charge in [0.05, 0.1) is 0 Å². The first-order chi connectivity index (χ1) is 12.0. The van der Waals surface area contributed by atoms with Crippen LogP contribution in [0.3, 0.4) is 0 Å². The van der Waals surface area contributed by atoms with Crippen LogP contribution < -0.4 is 15.4 Å². The van der Waals surface area contributed by atoms with Gasteiger partial charge in [0.25, 0.3) is 0 Å². The molecule has 0 unspecified atom stereocenters. The van der Waals surface area contributed by atoms with Crippen LogP contribution in [0.4, 0.5) is 10.1 Å². The first-order valence-corrected chi connectivity index (χ1v) is 8.12. The summed E-state index contributed by atoms with van der Waals surface area (Å²) in [6.07, 6.45) is 0.511. The van der Waals surface area contributed by atoms with Crippen molar-refractivity contribution in [3.8, 4) is 5.75 Å². The molecule has 2 aromatic rings. The van der Waals surface area contributed by atoms with E-state index in [9.17, 15) is 14.0 Å². The minimum Gasteiger partial charge on any atom is -0.468 e. The van der Waals surface area contributed by atoms with Crippen molar-refractivity contribution in [2.24, 2.45) is 5.92 Å². The molecule has 0 radical (unpaired) electrons. The van der Waals surface area contributed by atoms with E-state index >= 15 is 0 Å². The summed E-state index contributed by atoms with van der Waals surface area (Å²) < 4.78 is 18.9. The van der Waals surface area contributed by atoms with Crippen LogP contribution in [0.15, 0.2) is 48.5 Å². The number of benzene rings is 2. The molecule has 2 bridgehead atoms.